The summed E-state index contributed by atoms with van der Waals surface area (Å²) in [6.07, 6.45) is 5.99. The van der Waals surface area contributed by atoms with Crippen molar-refractivity contribution in [3.8, 4) is 12.0 Å². The van der Waals surface area contributed by atoms with Crippen LogP contribution in [0.3, 0.4) is 0 Å². The first-order chi connectivity index (χ1) is 6.38. The number of carbonyl (C=O) groups excluding carboxylic acids is 1. The van der Waals surface area contributed by atoms with Crippen molar-refractivity contribution >= 4 is 12.4 Å². The maximum atomic E-state index is 11.6. The Hall–Kier alpha value is -2.09. The van der Waals surface area contributed by atoms with Gasteiger partial charge < -0.3 is 0 Å². The third-order valence-corrected chi connectivity index (χ3v) is 1.56. The Balaban J connectivity index is 2.16. The predicted molar refractivity (Wildman–Crippen MR) is 46.0 cm³/mol. The standard InChI is InChI=1S/C8H6N4O/c13-8(12-5-3-10-7-12)11-4-1-2-9-6-11/h3,5-7H,4H2. The van der Waals surface area contributed by atoms with E-state index in [-0.39, 0.29) is 6.03 Å². The van der Waals surface area contributed by atoms with Gasteiger partial charge in [-0.2, -0.15) is 4.99 Å². The van der Waals surface area contributed by atoms with Crippen molar-refractivity contribution in [2.75, 3.05) is 6.54 Å². The molecule has 2 heterocycles. The van der Waals surface area contributed by atoms with Crippen LogP contribution >= 0.6 is 0 Å². The second-order valence-electron chi connectivity index (χ2n) is 2.41. The monoisotopic (exact) mass is 174 g/mol. The summed E-state index contributed by atoms with van der Waals surface area (Å²) in [7, 11) is 0. The van der Waals surface area contributed by atoms with E-state index in [9.17, 15) is 4.79 Å². The van der Waals surface area contributed by atoms with Crippen LogP contribution in [0.2, 0.25) is 0 Å². The third kappa shape index (κ3) is 1.42. The van der Waals surface area contributed by atoms with Gasteiger partial charge in [0.05, 0.1) is 6.54 Å². The van der Waals surface area contributed by atoms with Gasteiger partial charge in [0, 0.05) is 18.4 Å². The minimum atomic E-state index is -0.199. The van der Waals surface area contributed by atoms with Crippen LogP contribution in [0.5, 0.6) is 0 Å². The third-order valence-electron chi connectivity index (χ3n) is 1.56. The van der Waals surface area contributed by atoms with E-state index in [1.807, 2.05) is 0 Å². The van der Waals surface area contributed by atoms with E-state index < -0.39 is 0 Å². The van der Waals surface area contributed by atoms with Crippen molar-refractivity contribution in [1.82, 2.24) is 14.5 Å². The number of hydrogen-bond donors (Lipinski definition) is 0. The summed E-state index contributed by atoms with van der Waals surface area (Å²) in [5.41, 5.74) is 0. The van der Waals surface area contributed by atoms with Crippen LogP contribution in [-0.2, 0) is 0 Å². The van der Waals surface area contributed by atoms with Gasteiger partial charge in [0.25, 0.3) is 0 Å². The summed E-state index contributed by atoms with van der Waals surface area (Å²) in [4.78, 5) is 20.4. The second-order valence-corrected chi connectivity index (χ2v) is 2.41. The fraction of sp³-hybridized carbons (Fsp3) is 0.125. The molecule has 0 saturated carbocycles. The van der Waals surface area contributed by atoms with Gasteiger partial charge in [-0.15, -0.1) is 0 Å². The van der Waals surface area contributed by atoms with Crippen LogP contribution in [0.25, 0.3) is 0 Å². The van der Waals surface area contributed by atoms with E-state index in [0.29, 0.717) is 6.54 Å². The van der Waals surface area contributed by atoms with Crippen LogP contribution < -0.4 is 0 Å². The molecule has 13 heavy (non-hydrogen) atoms. The minimum absolute atomic E-state index is 0.199. The second kappa shape index (κ2) is 3.11. The number of carbonyl (C=O) groups is 1. The number of nitrogens with zero attached hydrogens (tertiary/aromatic N) is 4. The highest BCUT2D eigenvalue weighted by Gasteiger charge is 2.12. The van der Waals surface area contributed by atoms with Crippen molar-refractivity contribution < 1.29 is 4.79 Å². The van der Waals surface area contributed by atoms with Gasteiger partial charge in [0.2, 0.25) is 0 Å². The molecule has 1 aromatic heterocycles. The molecule has 5 heteroatoms. The Labute approximate surface area is 74.7 Å². The Morgan fingerprint density at radius 3 is 3.08 bits per heavy atom. The number of aliphatic imine (C=N–C) groups is 1. The van der Waals surface area contributed by atoms with Crippen LogP contribution in [-0.4, -0.2) is 33.4 Å². The molecule has 1 aromatic rings. The first-order valence-electron chi connectivity index (χ1n) is 3.68. The number of aromatic nitrogens is 2. The molecule has 1 aliphatic rings. The molecule has 0 aromatic carbocycles. The molecular formula is C8H6N4O. The summed E-state index contributed by atoms with van der Waals surface area (Å²) in [6.45, 7) is 0.376. The molecule has 0 atom stereocenters. The Kier molecular flexibility index (Phi) is 1.81. The number of rotatable bonds is 0. The average Bonchev–Trinajstić information content (AvgIpc) is 2.71. The molecule has 0 fully saturated rings. The quantitative estimate of drug-likeness (QED) is 0.526. The average molecular weight is 174 g/mol. The van der Waals surface area contributed by atoms with Crippen LogP contribution in [0.15, 0.2) is 23.7 Å². The molecule has 64 valence electrons. The summed E-state index contributed by atoms with van der Waals surface area (Å²) in [5, 5.41) is 0. The lowest BCUT2D eigenvalue weighted by Crippen LogP contribution is -2.34. The lowest BCUT2D eigenvalue weighted by atomic mass is 10.5. The zero-order valence-corrected chi connectivity index (χ0v) is 6.71. The van der Waals surface area contributed by atoms with Crippen LogP contribution in [0.4, 0.5) is 4.79 Å². The maximum Gasteiger partial charge on any atom is 0.335 e. The SMILES string of the molecule is O=C(N1C=NC#CC1)n1ccnc1. The van der Waals surface area contributed by atoms with Crippen molar-refractivity contribution in [2.24, 2.45) is 4.99 Å². The van der Waals surface area contributed by atoms with E-state index in [1.165, 1.54) is 22.1 Å². The largest absolute Gasteiger partial charge is 0.335 e. The van der Waals surface area contributed by atoms with E-state index in [4.69, 9.17) is 0 Å². The summed E-state index contributed by atoms with van der Waals surface area (Å²) >= 11 is 0. The molecule has 1 aliphatic heterocycles. The van der Waals surface area contributed by atoms with Gasteiger partial charge in [0.15, 0.2) is 0 Å². The van der Waals surface area contributed by atoms with Crippen molar-refractivity contribution in [3.63, 3.8) is 0 Å². The zero-order valence-electron chi connectivity index (χ0n) is 6.71. The summed E-state index contributed by atoms with van der Waals surface area (Å²) < 4.78 is 1.37. The normalized spacial score (nSPS) is 13.7. The fourth-order valence-electron chi connectivity index (χ4n) is 0.943. The zero-order chi connectivity index (χ0) is 9.10. The molecule has 0 radical (unpaired) electrons. The highest BCUT2D eigenvalue weighted by atomic mass is 16.2. The molecule has 0 unspecified atom stereocenters. The van der Waals surface area contributed by atoms with Gasteiger partial charge in [-0.1, -0.05) is 5.92 Å². The molecule has 0 aliphatic carbocycles. The van der Waals surface area contributed by atoms with Gasteiger partial charge in [-0.25, -0.2) is 9.78 Å². The van der Waals surface area contributed by atoms with Gasteiger partial charge in [0.1, 0.15) is 12.7 Å². The lowest BCUT2D eigenvalue weighted by Gasteiger charge is -2.14. The van der Waals surface area contributed by atoms with E-state index in [0.717, 1.165) is 0 Å². The Morgan fingerprint density at radius 1 is 1.54 bits per heavy atom. The van der Waals surface area contributed by atoms with E-state index in [1.54, 1.807) is 12.4 Å². The number of hydrogen-bond acceptors (Lipinski definition) is 3. The van der Waals surface area contributed by atoms with Gasteiger partial charge in [-0.3, -0.25) is 9.47 Å². The topological polar surface area (TPSA) is 50.5 Å². The minimum Gasteiger partial charge on any atom is -0.271 e. The molecule has 0 bridgehead atoms. The molecule has 0 N–H and O–H groups in total. The first-order valence-corrected chi connectivity index (χ1v) is 3.68. The first kappa shape index (κ1) is 7.55. The maximum absolute atomic E-state index is 11.6. The van der Waals surface area contributed by atoms with E-state index >= 15 is 0 Å². The van der Waals surface area contributed by atoms with Crippen molar-refractivity contribution in [1.29, 1.82) is 0 Å². The summed E-state index contributed by atoms with van der Waals surface area (Å²) in [6, 6.07) is 2.32. The molecule has 0 spiro atoms. The predicted octanol–water partition coefficient (Wildman–Crippen LogP) is 0.156. The number of imidazole rings is 1. The van der Waals surface area contributed by atoms with Gasteiger partial charge in [-0.05, 0) is 0 Å². The molecular weight excluding hydrogens is 168 g/mol. The van der Waals surface area contributed by atoms with Crippen molar-refractivity contribution in [3.05, 3.63) is 18.7 Å². The smallest absolute Gasteiger partial charge is 0.271 e. The highest BCUT2D eigenvalue weighted by Crippen LogP contribution is 1.95. The molecule has 5 nitrogen and oxygen atoms in total. The molecule has 1 amide bonds. The van der Waals surface area contributed by atoms with Crippen LogP contribution in [0, 0.1) is 12.0 Å². The Bertz CT molecular complexity index is 396. The van der Waals surface area contributed by atoms with Crippen molar-refractivity contribution in [2.45, 2.75) is 0 Å². The Morgan fingerprint density at radius 2 is 2.46 bits per heavy atom. The number of amides is 1. The van der Waals surface area contributed by atoms with E-state index in [2.05, 4.69) is 21.9 Å². The summed E-state index contributed by atoms with van der Waals surface area (Å²) in [5.74, 6) is 2.70. The van der Waals surface area contributed by atoms with Crippen LogP contribution in [0.1, 0.15) is 0 Å². The van der Waals surface area contributed by atoms with Gasteiger partial charge >= 0.3 is 6.03 Å². The lowest BCUT2D eigenvalue weighted by molar-refractivity contribution is 0.226. The fourth-order valence-corrected chi connectivity index (χ4v) is 0.943. The molecule has 2 rings (SSSR count). The highest BCUT2D eigenvalue weighted by molar-refractivity contribution is 5.88. The molecule has 0 saturated heterocycles.